The third-order valence-electron chi connectivity index (χ3n) is 5.45. The van der Waals surface area contributed by atoms with E-state index in [1.807, 2.05) is 13.0 Å². The van der Waals surface area contributed by atoms with Gasteiger partial charge in [-0.2, -0.15) is 0 Å². The van der Waals surface area contributed by atoms with Crippen molar-refractivity contribution in [2.45, 2.75) is 47.0 Å². The minimum Gasteiger partial charge on any atom is -0.356 e. The van der Waals surface area contributed by atoms with E-state index in [1.165, 1.54) is 27.2 Å². The molecule has 0 fully saturated rings. The van der Waals surface area contributed by atoms with Crippen molar-refractivity contribution < 1.29 is 14.4 Å². The molecule has 0 aliphatic carbocycles. The Kier molecular flexibility index (Phi) is 6.16. The van der Waals surface area contributed by atoms with Gasteiger partial charge in [0.1, 0.15) is 0 Å². The van der Waals surface area contributed by atoms with Gasteiger partial charge in [0, 0.05) is 19.5 Å². The Morgan fingerprint density at radius 2 is 1.55 bits per heavy atom. The Bertz CT molecular complexity index is 955. The zero-order chi connectivity index (χ0) is 21.1. The van der Waals surface area contributed by atoms with Gasteiger partial charge in [-0.3, -0.25) is 19.3 Å². The lowest BCUT2D eigenvalue weighted by atomic mass is 9.97. The molecule has 0 unspecified atom stereocenters. The van der Waals surface area contributed by atoms with Gasteiger partial charge in [-0.1, -0.05) is 29.3 Å². The van der Waals surface area contributed by atoms with Gasteiger partial charge in [0.05, 0.1) is 11.1 Å². The van der Waals surface area contributed by atoms with Crippen molar-refractivity contribution in [3.8, 4) is 0 Å². The van der Waals surface area contributed by atoms with Crippen LogP contribution < -0.4 is 5.32 Å². The number of carbonyl (C=O) groups is 3. The molecule has 1 aliphatic heterocycles. The standard InChI is InChI=1S/C24H28N2O3/c1-15-7-8-20-21(14-15)24(29)26(23(20)28)11-5-6-22(27)25-10-9-19-17(3)12-16(2)13-18(19)4/h7-8,12-14H,5-6,9-11H2,1-4H3,(H,25,27). The molecule has 0 radical (unpaired) electrons. The first-order valence-electron chi connectivity index (χ1n) is 10.1. The number of amides is 3. The van der Waals surface area contributed by atoms with Crippen LogP contribution in [0, 0.1) is 27.7 Å². The summed E-state index contributed by atoms with van der Waals surface area (Å²) in [5.41, 5.74) is 6.88. The minimum absolute atomic E-state index is 0.0557. The molecule has 0 aromatic heterocycles. The molecule has 0 bridgehead atoms. The highest BCUT2D eigenvalue weighted by Crippen LogP contribution is 2.24. The van der Waals surface area contributed by atoms with E-state index in [0.717, 1.165) is 12.0 Å². The highest BCUT2D eigenvalue weighted by Gasteiger charge is 2.34. The molecule has 5 nitrogen and oxygen atoms in total. The lowest BCUT2D eigenvalue weighted by Gasteiger charge is -2.14. The monoisotopic (exact) mass is 392 g/mol. The summed E-state index contributed by atoms with van der Waals surface area (Å²) in [6, 6.07) is 9.60. The lowest BCUT2D eigenvalue weighted by Crippen LogP contribution is -2.32. The van der Waals surface area contributed by atoms with Crippen LogP contribution in [0.15, 0.2) is 30.3 Å². The zero-order valence-electron chi connectivity index (χ0n) is 17.6. The Labute approximate surface area is 172 Å². The first-order valence-corrected chi connectivity index (χ1v) is 10.1. The van der Waals surface area contributed by atoms with Gasteiger partial charge in [0.25, 0.3) is 11.8 Å². The molecular formula is C24H28N2O3. The summed E-state index contributed by atoms with van der Waals surface area (Å²) >= 11 is 0. The Hall–Kier alpha value is -2.95. The molecule has 1 N–H and O–H groups in total. The van der Waals surface area contributed by atoms with E-state index in [2.05, 4.69) is 38.2 Å². The van der Waals surface area contributed by atoms with E-state index in [-0.39, 0.29) is 30.7 Å². The molecule has 1 aliphatic rings. The van der Waals surface area contributed by atoms with Gasteiger partial charge < -0.3 is 5.32 Å². The van der Waals surface area contributed by atoms with Crippen molar-refractivity contribution in [3.63, 3.8) is 0 Å². The second kappa shape index (κ2) is 8.60. The summed E-state index contributed by atoms with van der Waals surface area (Å²) in [6.07, 6.45) is 1.54. The van der Waals surface area contributed by atoms with Crippen LogP contribution in [0.5, 0.6) is 0 Å². The highest BCUT2D eigenvalue weighted by atomic mass is 16.2. The topological polar surface area (TPSA) is 66.5 Å². The fraction of sp³-hybridized carbons (Fsp3) is 0.375. The number of hydrogen-bond acceptors (Lipinski definition) is 3. The van der Waals surface area contributed by atoms with Crippen LogP contribution in [-0.2, 0) is 11.2 Å². The average Bonchev–Trinajstić information content (AvgIpc) is 2.88. The molecule has 2 aromatic carbocycles. The third kappa shape index (κ3) is 4.56. The summed E-state index contributed by atoms with van der Waals surface area (Å²) in [4.78, 5) is 38.3. The number of benzene rings is 2. The number of carbonyl (C=O) groups excluding carboxylic acids is 3. The molecule has 0 saturated heterocycles. The smallest absolute Gasteiger partial charge is 0.261 e. The van der Waals surface area contributed by atoms with E-state index in [0.29, 0.717) is 24.1 Å². The fourth-order valence-electron chi connectivity index (χ4n) is 4.02. The number of rotatable bonds is 7. The molecule has 152 valence electrons. The molecule has 29 heavy (non-hydrogen) atoms. The van der Waals surface area contributed by atoms with E-state index < -0.39 is 0 Å². The van der Waals surface area contributed by atoms with Crippen LogP contribution in [0.1, 0.15) is 61.4 Å². The lowest BCUT2D eigenvalue weighted by molar-refractivity contribution is -0.121. The quantitative estimate of drug-likeness (QED) is 0.732. The second-order valence-electron chi connectivity index (χ2n) is 7.89. The summed E-state index contributed by atoms with van der Waals surface area (Å²) in [5, 5.41) is 2.95. The van der Waals surface area contributed by atoms with Crippen LogP contribution >= 0.6 is 0 Å². The summed E-state index contributed by atoms with van der Waals surface area (Å²) in [6.45, 7) is 9.01. The van der Waals surface area contributed by atoms with Gasteiger partial charge in [-0.05, 0) is 69.4 Å². The summed E-state index contributed by atoms with van der Waals surface area (Å²) in [7, 11) is 0. The van der Waals surface area contributed by atoms with Crippen molar-refractivity contribution in [1.82, 2.24) is 10.2 Å². The van der Waals surface area contributed by atoms with Crippen LogP contribution in [0.2, 0.25) is 0 Å². The molecule has 5 heteroatoms. The SMILES string of the molecule is Cc1cc(C)c(CCNC(=O)CCCN2C(=O)c3ccc(C)cc3C2=O)c(C)c1. The minimum atomic E-state index is -0.268. The van der Waals surface area contributed by atoms with Crippen molar-refractivity contribution >= 4 is 17.7 Å². The molecule has 0 atom stereocenters. The predicted molar refractivity (Wildman–Crippen MR) is 113 cm³/mol. The maximum atomic E-state index is 12.5. The largest absolute Gasteiger partial charge is 0.356 e. The van der Waals surface area contributed by atoms with Gasteiger partial charge >= 0.3 is 0 Å². The molecule has 3 amide bonds. The molecular weight excluding hydrogens is 364 g/mol. The average molecular weight is 392 g/mol. The normalized spacial score (nSPS) is 13.0. The fourth-order valence-corrected chi connectivity index (χ4v) is 4.02. The van der Waals surface area contributed by atoms with Gasteiger partial charge in [-0.25, -0.2) is 0 Å². The zero-order valence-corrected chi connectivity index (χ0v) is 17.6. The Morgan fingerprint density at radius 3 is 2.24 bits per heavy atom. The van der Waals surface area contributed by atoms with Crippen molar-refractivity contribution in [1.29, 1.82) is 0 Å². The molecule has 0 saturated carbocycles. The molecule has 3 rings (SSSR count). The van der Waals surface area contributed by atoms with E-state index in [4.69, 9.17) is 0 Å². The number of aryl methyl sites for hydroxylation is 4. The van der Waals surface area contributed by atoms with E-state index >= 15 is 0 Å². The number of nitrogens with zero attached hydrogens (tertiary/aromatic N) is 1. The maximum Gasteiger partial charge on any atom is 0.261 e. The third-order valence-corrected chi connectivity index (χ3v) is 5.45. The van der Waals surface area contributed by atoms with E-state index in [1.54, 1.807) is 12.1 Å². The Balaban J connectivity index is 1.45. The summed E-state index contributed by atoms with van der Waals surface area (Å²) in [5.74, 6) is -0.588. The van der Waals surface area contributed by atoms with Crippen LogP contribution in [0.25, 0.3) is 0 Å². The Morgan fingerprint density at radius 1 is 0.897 bits per heavy atom. The summed E-state index contributed by atoms with van der Waals surface area (Å²) < 4.78 is 0. The van der Waals surface area contributed by atoms with Crippen molar-refractivity contribution in [2.75, 3.05) is 13.1 Å². The maximum absolute atomic E-state index is 12.5. The first-order chi connectivity index (χ1) is 13.8. The van der Waals surface area contributed by atoms with Crippen molar-refractivity contribution in [2.24, 2.45) is 0 Å². The second-order valence-corrected chi connectivity index (χ2v) is 7.89. The number of nitrogens with one attached hydrogen (secondary N) is 1. The number of imide groups is 1. The van der Waals surface area contributed by atoms with Crippen LogP contribution in [0.4, 0.5) is 0 Å². The molecule has 0 spiro atoms. The van der Waals surface area contributed by atoms with Gasteiger partial charge in [0.15, 0.2) is 0 Å². The van der Waals surface area contributed by atoms with Gasteiger partial charge in [-0.15, -0.1) is 0 Å². The van der Waals surface area contributed by atoms with Crippen LogP contribution in [0.3, 0.4) is 0 Å². The molecule has 2 aromatic rings. The van der Waals surface area contributed by atoms with Crippen LogP contribution in [-0.4, -0.2) is 35.7 Å². The number of fused-ring (bicyclic) bond motifs is 1. The van der Waals surface area contributed by atoms with Gasteiger partial charge in [0.2, 0.25) is 5.91 Å². The highest BCUT2D eigenvalue weighted by molar-refractivity contribution is 6.21. The molecule has 1 heterocycles. The first kappa shape index (κ1) is 20.8. The van der Waals surface area contributed by atoms with Crippen molar-refractivity contribution in [3.05, 3.63) is 69.3 Å². The van der Waals surface area contributed by atoms with E-state index in [9.17, 15) is 14.4 Å². The predicted octanol–water partition coefficient (Wildman–Crippen LogP) is 3.66. The number of hydrogen-bond donors (Lipinski definition) is 1.